The zero-order valence-corrected chi connectivity index (χ0v) is 15.2. The number of alkyl halides is 7. The number of carbonyl (C=O) groups is 3. The lowest BCUT2D eigenvalue weighted by Gasteiger charge is -2.59. The number of halogens is 7. The SMILES string of the molecule is O=C(OCC(F)(F)F)C12CC3CC(CC(OC(=O)C(F)(F)C(F)(F)C(=O)O)(C3)C1)C2. The van der Waals surface area contributed by atoms with Crippen molar-refractivity contribution >= 4 is 17.9 Å². The first-order valence-corrected chi connectivity index (χ1v) is 8.98. The van der Waals surface area contributed by atoms with Crippen molar-refractivity contribution in [1.82, 2.24) is 0 Å². The Morgan fingerprint density at radius 1 is 0.900 bits per heavy atom. The quantitative estimate of drug-likeness (QED) is 0.493. The molecule has 0 aliphatic heterocycles. The third kappa shape index (κ3) is 3.70. The first kappa shape index (κ1) is 22.6. The molecule has 0 heterocycles. The fraction of sp³-hybridized carbons (Fsp3) is 0.824. The second kappa shape index (κ2) is 6.71. The first-order valence-electron chi connectivity index (χ1n) is 8.98. The van der Waals surface area contributed by atoms with Gasteiger partial charge in [0.25, 0.3) is 0 Å². The molecule has 13 heteroatoms. The summed E-state index contributed by atoms with van der Waals surface area (Å²) in [5.74, 6) is -19.3. The minimum Gasteiger partial charge on any atom is -0.477 e. The van der Waals surface area contributed by atoms with Gasteiger partial charge in [-0.25, -0.2) is 9.59 Å². The van der Waals surface area contributed by atoms with Gasteiger partial charge in [-0.05, 0) is 43.9 Å². The Bertz CT molecular complexity index is 748. The van der Waals surface area contributed by atoms with Gasteiger partial charge in [0.1, 0.15) is 5.60 Å². The van der Waals surface area contributed by atoms with Gasteiger partial charge in [0.15, 0.2) is 6.61 Å². The number of hydrogen-bond acceptors (Lipinski definition) is 5. The van der Waals surface area contributed by atoms with Crippen LogP contribution in [0.5, 0.6) is 0 Å². The van der Waals surface area contributed by atoms with Crippen LogP contribution in [-0.2, 0) is 23.9 Å². The molecule has 4 fully saturated rings. The van der Waals surface area contributed by atoms with Gasteiger partial charge in [0.2, 0.25) is 0 Å². The molecule has 0 aromatic carbocycles. The zero-order chi connectivity index (χ0) is 22.8. The topological polar surface area (TPSA) is 89.9 Å². The molecule has 2 unspecified atom stereocenters. The molecule has 4 aliphatic carbocycles. The van der Waals surface area contributed by atoms with Crippen molar-refractivity contribution in [3.8, 4) is 0 Å². The van der Waals surface area contributed by atoms with Crippen molar-refractivity contribution in [2.45, 2.75) is 62.1 Å². The number of esters is 2. The summed E-state index contributed by atoms with van der Waals surface area (Å²) in [6.45, 7) is -1.85. The fourth-order valence-corrected chi connectivity index (χ4v) is 5.36. The molecule has 4 aliphatic rings. The van der Waals surface area contributed by atoms with Crippen LogP contribution >= 0.6 is 0 Å². The molecular formula is C17H17F7O6. The fourth-order valence-electron chi connectivity index (χ4n) is 5.36. The molecule has 6 nitrogen and oxygen atoms in total. The molecule has 0 saturated heterocycles. The maximum Gasteiger partial charge on any atom is 0.422 e. The van der Waals surface area contributed by atoms with Crippen molar-refractivity contribution in [3.05, 3.63) is 0 Å². The third-order valence-electron chi connectivity index (χ3n) is 6.04. The average Bonchev–Trinajstić information content (AvgIpc) is 2.56. The normalized spacial score (nSPS) is 33.3. The van der Waals surface area contributed by atoms with Crippen molar-refractivity contribution in [2.75, 3.05) is 6.61 Å². The van der Waals surface area contributed by atoms with E-state index in [0.29, 0.717) is 6.42 Å². The lowest BCUT2D eigenvalue weighted by molar-refractivity contribution is -0.256. The summed E-state index contributed by atoms with van der Waals surface area (Å²) >= 11 is 0. The van der Waals surface area contributed by atoms with Crippen molar-refractivity contribution in [3.63, 3.8) is 0 Å². The smallest absolute Gasteiger partial charge is 0.422 e. The number of rotatable bonds is 6. The van der Waals surface area contributed by atoms with Crippen LogP contribution < -0.4 is 0 Å². The van der Waals surface area contributed by atoms with E-state index in [9.17, 15) is 45.1 Å². The van der Waals surface area contributed by atoms with Crippen molar-refractivity contribution in [2.24, 2.45) is 17.3 Å². The number of carboxylic acid groups (broad SMARTS) is 1. The number of carboxylic acids is 1. The monoisotopic (exact) mass is 450 g/mol. The van der Waals surface area contributed by atoms with E-state index in [0.717, 1.165) is 0 Å². The molecular weight excluding hydrogens is 433 g/mol. The summed E-state index contributed by atoms with van der Waals surface area (Å²) in [5, 5.41) is 8.30. The standard InChI is InChI=1S/C17H17F7O6/c18-15(19,20)7-29-11(27)13-2-8-1-9(3-13)5-14(4-8,6-13)30-12(28)17(23,24)16(21,22)10(25)26/h8-9H,1-7H2,(H,25,26). The molecule has 0 amide bonds. The summed E-state index contributed by atoms with van der Waals surface area (Å²) in [4.78, 5) is 34.7. The molecule has 2 atom stereocenters. The lowest BCUT2D eigenvalue weighted by atomic mass is 9.48. The van der Waals surface area contributed by atoms with Gasteiger partial charge in [-0.3, -0.25) is 4.79 Å². The number of carbonyl (C=O) groups excluding carboxylic acids is 2. The number of ether oxygens (including phenoxy) is 2. The maximum atomic E-state index is 13.8. The Kier molecular flexibility index (Phi) is 5.05. The Morgan fingerprint density at radius 3 is 1.90 bits per heavy atom. The summed E-state index contributed by atoms with van der Waals surface area (Å²) in [5.41, 5.74) is -3.29. The van der Waals surface area contributed by atoms with Crippen LogP contribution in [-0.4, -0.2) is 53.2 Å². The Morgan fingerprint density at radius 2 is 1.43 bits per heavy atom. The number of hydrogen-bond donors (Lipinski definition) is 1. The van der Waals surface area contributed by atoms with Gasteiger partial charge >= 0.3 is 35.9 Å². The second-order valence-electron chi connectivity index (χ2n) is 8.46. The Labute approximate surface area is 164 Å². The van der Waals surface area contributed by atoms with Gasteiger partial charge in [-0.2, -0.15) is 30.7 Å². The van der Waals surface area contributed by atoms with Gasteiger partial charge < -0.3 is 14.6 Å². The highest BCUT2D eigenvalue weighted by Crippen LogP contribution is 2.63. The van der Waals surface area contributed by atoms with E-state index in [1.165, 1.54) is 0 Å². The molecule has 4 rings (SSSR count). The van der Waals surface area contributed by atoms with Crippen LogP contribution in [0.3, 0.4) is 0 Å². The van der Waals surface area contributed by atoms with Crippen LogP contribution in [0, 0.1) is 17.3 Å². The molecule has 4 saturated carbocycles. The summed E-state index contributed by atoms with van der Waals surface area (Å²) < 4.78 is 101. The van der Waals surface area contributed by atoms with E-state index in [1.807, 2.05) is 0 Å². The van der Waals surface area contributed by atoms with E-state index >= 15 is 0 Å². The Hall–Kier alpha value is -2.08. The molecule has 170 valence electrons. The molecule has 1 N–H and O–H groups in total. The molecule has 0 radical (unpaired) electrons. The van der Waals surface area contributed by atoms with E-state index in [2.05, 4.69) is 4.74 Å². The largest absolute Gasteiger partial charge is 0.477 e. The first-order chi connectivity index (χ1) is 13.5. The number of aliphatic carboxylic acids is 1. The lowest BCUT2D eigenvalue weighted by Crippen LogP contribution is -2.62. The Balaban J connectivity index is 1.82. The summed E-state index contributed by atoms with van der Waals surface area (Å²) in [7, 11) is 0. The molecule has 0 aromatic rings. The highest BCUT2D eigenvalue weighted by atomic mass is 19.4. The van der Waals surface area contributed by atoms with E-state index in [1.54, 1.807) is 0 Å². The van der Waals surface area contributed by atoms with E-state index in [-0.39, 0.29) is 37.5 Å². The molecule has 4 bridgehead atoms. The maximum absolute atomic E-state index is 13.8. The second-order valence-corrected chi connectivity index (χ2v) is 8.46. The predicted octanol–water partition coefficient (Wildman–Crippen LogP) is 3.33. The summed E-state index contributed by atoms with van der Waals surface area (Å²) in [6, 6.07) is 0. The molecule has 0 aromatic heterocycles. The third-order valence-corrected chi connectivity index (χ3v) is 6.04. The van der Waals surface area contributed by atoms with Gasteiger partial charge in [0, 0.05) is 6.42 Å². The van der Waals surface area contributed by atoms with Gasteiger partial charge in [-0.1, -0.05) is 0 Å². The van der Waals surface area contributed by atoms with Gasteiger partial charge in [0.05, 0.1) is 5.41 Å². The minimum absolute atomic E-state index is 0.0434. The predicted molar refractivity (Wildman–Crippen MR) is 80.5 cm³/mol. The van der Waals surface area contributed by atoms with Gasteiger partial charge in [-0.15, -0.1) is 0 Å². The van der Waals surface area contributed by atoms with Crippen LogP contribution in [0.4, 0.5) is 30.7 Å². The highest BCUT2D eigenvalue weighted by molar-refractivity contribution is 5.89. The molecule has 30 heavy (non-hydrogen) atoms. The van der Waals surface area contributed by atoms with E-state index in [4.69, 9.17) is 9.84 Å². The van der Waals surface area contributed by atoms with Crippen molar-refractivity contribution in [1.29, 1.82) is 0 Å². The van der Waals surface area contributed by atoms with Crippen LogP contribution in [0.25, 0.3) is 0 Å². The van der Waals surface area contributed by atoms with Crippen LogP contribution in [0.2, 0.25) is 0 Å². The zero-order valence-electron chi connectivity index (χ0n) is 15.2. The van der Waals surface area contributed by atoms with Crippen molar-refractivity contribution < 1.29 is 59.7 Å². The van der Waals surface area contributed by atoms with E-state index < -0.39 is 60.0 Å². The average molecular weight is 450 g/mol. The minimum atomic E-state index is -5.73. The van der Waals surface area contributed by atoms with Crippen LogP contribution in [0.1, 0.15) is 38.5 Å². The molecule has 0 spiro atoms. The van der Waals surface area contributed by atoms with Crippen LogP contribution in [0.15, 0.2) is 0 Å². The highest BCUT2D eigenvalue weighted by Gasteiger charge is 2.71. The summed E-state index contributed by atoms with van der Waals surface area (Å²) in [6.07, 6.45) is -4.62.